The third-order valence-electron chi connectivity index (χ3n) is 4.50. The molecular formula is C14H26N4. The molecule has 0 bridgehead atoms. The first-order chi connectivity index (χ1) is 8.61. The van der Waals surface area contributed by atoms with Crippen molar-refractivity contribution in [2.45, 2.75) is 50.7 Å². The van der Waals surface area contributed by atoms with Gasteiger partial charge in [0.25, 0.3) is 0 Å². The van der Waals surface area contributed by atoms with Gasteiger partial charge in [-0.25, -0.2) is 0 Å². The van der Waals surface area contributed by atoms with Gasteiger partial charge in [-0.3, -0.25) is 9.58 Å². The Hall–Kier alpha value is -0.870. The quantitative estimate of drug-likeness (QED) is 0.886. The first-order valence-corrected chi connectivity index (χ1v) is 6.99. The SMILES string of the molecule is CNC1CCC(N(C)C(C)c2cnn(C)c2)CC1. The molecule has 0 aliphatic heterocycles. The highest BCUT2D eigenvalue weighted by molar-refractivity contribution is 5.09. The van der Waals surface area contributed by atoms with Crippen LogP contribution in [0, 0.1) is 0 Å². The molecule has 1 atom stereocenters. The third-order valence-corrected chi connectivity index (χ3v) is 4.50. The predicted octanol–water partition coefficient (Wildman–Crippen LogP) is 1.94. The molecule has 0 spiro atoms. The van der Waals surface area contributed by atoms with E-state index in [0.717, 1.165) is 6.04 Å². The minimum absolute atomic E-state index is 0.454. The lowest BCUT2D eigenvalue weighted by atomic mass is 9.89. The highest BCUT2D eigenvalue weighted by atomic mass is 15.2. The standard InChI is InChI=1S/C14H26N4/c1-11(12-9-16-17(3)10-12)18(4)14-7-5-13(15-2)6-8-14/h9-11,13-15H,5-8H2,1-4H3. The number of nitrogens with zero attached hydrogens (tertiary/aromatic N) is 3. The van der Waals surface area contributed by atoms with Gasteiger partial charge in [0.05, 0.1) is 6.20 Å². The van der Waals surface area contributed by atoms with Gasteiger partial charge >= 0.3 is 0 Å². The van der Waals surface area contributed by atoms with E-state index in [-0.39, 0.29) is 0 Å². The van der Waals surface area contributed by atoms with E-state index in [4.69, 9.17) is 0 Å². The van der Waals surface area contributed by atoms with Crippen molar-refractivity contribution in [3.63, 3.8) is 0 Å². The van der Waals surface area contributed by atoms with Crippen molar-refractivity contribution in [2.75, 3.05) is 14.1 Å². The average Bonchev–Trinajstić information content (AvgIpc) is 2.84. The Kier molecular flexibility index (Phi) is 4.40. The van der Waals surface area contributed by atoms with Gasteiger partial charge in [0.15, 0.2) is 0 Å². The molecule has 1 unspecified atom stereocenters. The number of hydrogen-bond donors (Lipinski definition) is 1. The van der Waals surface area contributed by atoms with Crippen LogP contribution in [-0.2, 0) is 7.05 Å². The van der Waals surface area contributed by atoms with Crippen molar-refractivity contribution in [3.8, 4) is 0 Å². The molecule has 1 N–H and O–H groups in total. The van der Waals surface area contributed by atoms with Crippen molar-refractivity contribution in [3.05, 3.63) is 18.0 Å². The smallest absolute Gasteiger partial charge is 0.0537 e. The topological polar surface area (TPSA) is 33.1 Å². The molecular weight excluding hydrogens is 224 g/mol. The predicted molar refractivity (Wildman–Crippen MR) is 74.5 cm³/mol. The van der Waals surface area contributed by atoms with Crippen LogP contribution in [0.3, 0.4) is 0 Å². The second-order valence-corrected chi connectivity index (χ2v) is 5.58. The zero-order chi connectivity index (χ0) is 13.1. The summed E-state index contributed by atoms with van der Waals surface area (Å²) < 4.78 is 1.89. The maximum Gasteiger partial charge on any atom is 0.0537 e. The number of aromatic nitrogens is 2. The molecule has 102 valence electrons. The second-order valence-electron chi connectivity index (χ2n) is 5.58. The Labute approximate surface area is 110 Å². The molecule has 1 aliphatic rings. The fourth-order valence-electron chi connectivity index (χ4n) is 2.98. The largest absolute Gasteiger partial charge is 0.317 e. The maximum atomic E-state index is 4.27. The molecule has 1 fully saturated rings. The van der Waals surface area contributed by atoms with Crippen LogP contribution in [-0.4, -0.2) is 40.9 Å². The van der Waals surface area contributed by atoms with Gasteiger partial charge in [0.1, 0.15) is 0 Å². The zero-order valence-corrected chi connectivity index (χ0v) is 12.1. The van der Waals surface area contributed by atoms with E-state index >= 15 is 0 Å². The Morgan fingerprint density at radius 2 is 2.06 bits per heavy atom. The van der Waals surface area contributed by atoms with Crippen LogP contribution in [0.15, 0.2) is 12.4 Å². The lowest BCUT2D eigenvalue weighted by Crippen LogP contribution is -2.40. The van der Waals surface area contributed by atoms with E-state index < -0.39 is 0 Å². The summed E-state index contributed by atoms with van der Waals surface area (Å²) in [5.74, 6) is 0. The summed E-state index contributed by atoms with van der Waals surface area (Å²) >= 11 is 0. The molecule has 0 radical (unpaired) electrons. The van der Waals surface area contributed by atoms with Gasteiger partial charge in [0.2, 0.25) is 0 Å². The number of rotatable bonds is 4. The lowest BCUT2D eigenvalue weighted by molar-refractivity contribution is 0.136. The van der Waals surface area contributed by atoms with E-state index in [9.17, 15) is 0 Å². The Morgan fingerprint density at radius 1 is 1.39 bits per heavy atom. The number of nitrogens with one attached hydrogen (secondary N) is 1. The number of aryl methyl sites for hydroxylation is 1. The highest BCUT2D eigenvalue weighted by Crippen LogP contribution is 2.28. The monoisotopic (exact) mass is 250 g/mol. The van der Waals surface area contributed by atoms with Gasteiger partial charge in [-0.05, 0) is 46.7 Å². The Bertz CT molecular complexity index is 366. The molecule has 0 aromatic carbocycles. The summed E-state index contributed by atoms with van der Waals surface area (Å²) in [7, 11) is 6.31. The zero-order valence-electron chi connectivity index (χ0n) is 12.1. The minimum atomic E-state index is 0.454. The van der Waals surface area contributed by atoms with Crippen molar-refractivity contribution in [2.24, 2.45) is 7.05 Å². The summed E-state index contributed by atoms with van der Waals surface area (Å²) in [5, 5.41) is 7.67. The summed E-state index contributed by atoms with van der Waals surface area (Å²) in [4.78, 5) is 2.52. The van der Waals surface area contributed by atoms with Crippen molar-refractivity contribution >= 4 is 0 Å². The summed E-state index contributed by atoms with van der Waals surface area (Å²) in [6.07, 6.45) is 9.30. The molecule has 4 nitrogen and oxygen atoms in total. The average molecular weight is 250 g/mol. The van der Waals surface area contributed by atoms with Crippen molar-refractivity contribution in [1.82, 2.24) is 20.0 Å². The fraction of sp³-hybridized carbons (Fsp3) is 0.786. The molecule has 4 heteroatoms. The van der Waals surface area contributed by atoms with Crippen LogP contribution in [0.25, 0.3) is 0 Å². The molecule has 18 heavy (non-hydrogen) atoms. The van der Waals surface area contributed by atoms with E-state index in [0.29, 0.717) is 12.1 Å². The molecule has 1 aromatic heterocycles. The molecule has 0 saturated heterocycles. The fourth-order valence-corrected chi connectivity index (χ4v) is 2.98. The van der Waals surface area contributed by atoms with Crippen LogP contribution < -0.4 is 5.32 Å². The molecule has 0 amide bonds. The lowest BCUT2D eigenvalue weighted by Gasteiger charge is -2.37. The van der Waals surface area contributed by atoms with Crippen molar-refractivity contribution < 1.29 is 0 Å². The normalized spacial score (nSPS) is 26.5. The molecule has 1 aromatic rings. The second kappa shape index (κ2) is 5.85. The highest BCUT2D eigenvalue weighted by Gasteiger charge is 2.26. The van der Waals surface area contributed by atoms with Gasteiger partial charge in [-0.2, -0.15) is 5.10 Å². The summed E-state index contributed by atoms with van der Waals surface area (Å²) in [6.45, 7) is 2.28. The van der Waals surface area contributed by atoms with Gasteiger partial charge in [-0.1, -0.05) is 0 Å². The first-order valence-electron chi connectivity index (χ1n) is 6.99. The maximum absolute atomic E-state index is 4.27. The Morgan fingerprint density at radius 3 is 2.56 bits per heavy atom. The molecule has 1 saturated carbocycles. The van der Waals surface area contributed by atoms with E-state index in [1.165, 1.54) is 31.2 Å². The molecule has 1 heterocycles. The van der Waals surface area contributed by atoms with Crippen LogP contribution in [0.4, 0.5) is 0 Å². The summed E-state index contributed by atoms with van der Waals surface area (Å²) in [5.41, 5.74) is 1.32. The van der Waals surface area contributed by atoms with E-state index in [1.54, 1.807) is 0 Å². The van der Waals surface area contributed by atoms with E-state index in [2.05, 4.69) is 42.5 Å². The van der Waals surface area contributed by atoms with Gasteiger partial charge in [0, 0.05) is 36.9 Å². The molecule has 2 rings (SSSR count). The third kappa shape index (κ3) is 2.93. The van der Waals surface area contributed by atoms with Crippen LogP contribution >= 0.6 is 0 Å². The number of hydrogen-bond acceptors (Lipinski definition) is 3. The first kappa shape index (κ1) is 13.6. The van der Waals surface area contributed by atoms with Crippen LogP contribution in [0.1, 0.15) is 44.2 Å². The minimum Gasteiger partial charge on any atom is -0.317 e. The van der Waals surface area contributed by atoms with Crippen LogP contribution in [0.5, 0.6) is 0 Å². The van der Waals surface area contributed by atoms with Crippen molar-refractivity contribution in [1.29, 1.82) is 0 Å². The van der Waals surface area contributed by atoms with Gasteiger partial charge < -0.3 is 5.32 Å². The van der Waals surface area contributed by atoms with Crippen LogP contribution in [0.2, 0.25) is 0 Å². The van der Waals surface area contributed by atoms with Gasteiger partial charge in [-0.15, -0.1) is 0 Å². The summed E-state index contributed by atoms with van der Waals surface area (Å²) in [6, 6.07) is 1.89. The Balaban J connectivity index is 1.93. The molecule has 1 aliphatic carbocycles. The van der Waals surface area contributed by atoms with E-state index in [1.807, 2.05) is 17.9 Å².